The molecule has 0 aromatic heterocycles. The van der Waals surface area contributed by atoms with Gasteiger partial charge in [-0.1, -0.05) is 13.3 Å². The molecule has 1 aliphatic carbocycles. The Hall–Kier alpha value is -0.710. The summed E-state index contributed by atoms with van der Waals surface area (Å²) in [6.45, 7) is 2.40. The number of amides is 1. The standard InChI is InChI=1S/C12H22F2N2O/c1-2-4-10(15)8-16-11(17)9-5-3-6-12(13,14)7-9/h9-10H,2-8,15H2,1H3,(H,16,17). The van der Waals surface area contributed by atoms with Crippen LogP contribution in [-0.2, 0) is 4.79 Å². The van der Waals surface area contributed by atoms with Gasteiger partial charge in [0.05, 0.1) is 0 Å². The number of carbonyl (C=O) groups is 1. The highest BCUT2D eigenvalue weighted by Crippen LogP contribution is 2.36. The van der Waals surface area contributed by atoms with Crippen LogP contribution in [0.15, 0.2) is 0 Å². The molecule has 1 aliphatic rings. The summed E-state index contributed by atoms with van der Waals surface area (Å²) < 4.78 is 26.3. The lowest BCUT2D eigenvalue weighted by molar-refractivity contribution is -0.132. The van der Waals surface area contributed by atoms with Crippen molar-refractivity contribution in [1.29, 1.82) is 0 Å². The fraction of sp³-hybridized carbons (Fsp3) is 0.917. The SMILES string of the molecule is CCCC(N)CNC(=O)C1CCCC(F)(F)C1. The summed E-state index contributed by atoms with van der Waals surface area (Å²) >= 11 is 0. The van der Waals surface area contributed by atoms with E-state index in [1.807, 2.05) is 6.92 Å². The summed E-state index contributed by atoms with van der Waals surface area (Å²) in [5.74, 6) is -3.49. The fourth-order valence-corrected chi connectivity index (χ4v) is 2.24. The second-order valence-electron chi connectivity index (χ2n) is 4.94. The van der Waals surface area contributed by atoms with E-state index >= 15 is 0 Å². The highest BCUT2D eigenvalue weighted by molar-refractivity contribution is 5.78. The van der Waals surface area contributed by atoms with Gasteiger partial charge in [0.15, 0.2) is 0 Å². The van der Waals surface area contributed by atoms with E-state index in [0.29, 0.717) is 19.4 Å². The van der Waals surface area contributed by atoms with Crippen LogP contribution in [0.25, 0.3) is 0 Å². The van der Waals surface area contributed by atoms with Crippen LogP contribution in [0.4, 0.5) is 8.78 Å². The second-order valence-corrected chi connectivity index (χ2v) is 4.94. The molecule has 0 spiro atoms. The molecule has 1 rings (SSSR count). The number of carbonyl (C=O) groups excluding carboxylic acids is 1. The molecule has 1 saturated carbocycles. The zero-order valence-corrected chi connectivity index (χ0v) is 10.3. The van der Waals surface area contributed by atoms with Crippen molar-refractivity contribution >= 4 is 5.91 Å². The molecule has 0 aromatic rings. The van der Waals surface area contributed by atoms with Gasteiger partial charge in [0.1, 0.15) is 0 Å². The first-order chi connectivity index (χ1) is 7.94. The number of nitrogens with one attached hydrogen (secondary N) is 1. The van der Waals surface area contributed by atoms with Crippen LogP contribution in [0.3, 0.4) is 0 Å². The van der Waals surface area contributed by atoms with Gasteiger partial charge in [-0.3, -0.25) is 4.79 Å². The van der Waals surface area contributed by atoms with Gasteiger partial charge in [-0.05, 0) is 19.3 Å². The molecular formula is C12H22F2N2O. The quantitative estimate of drug-likeness (QED) is 0.782. The normalized spacial score (nSPS) is 25.3. The third-order valence-corrected chi connectivity index (χ3v) is 3.21. The summed E-state index contributed by atoms with van der Waals surface area (Å²) in [5.41, 5.74) is 5.75. The lowest BCUT2D eigenvalue weighted by Gasteiger charge is -2.28. The van der Waals surface area contributed by atoms with E-state index in [-0.39, 0.29) is 24.8 Å². The number of alkyl halides is 2. The largest absolute Gasteiger partial charge is 0.354 e. The maximum Gasteiger partial charge on any atom is 0.248 e. The van der Waals surface area contributed by atoms with Crippen molar-refractivity contribution in [3.8, 4) is 0 Å². The molecule has 2 unspecified atom stereocenters. The highest BCUT2D eigenvalue weighted by Gasteiger charge is 2.38. The first kappa shape index (κ1) is 14.4. The van der Waals surface area contributed by atoms with Crippen molar-refractivity contribution in [3.05, 3.63) is 0 Å². The molecule has 0 heterocycles. The average Bonchev–Trinajstić information content (AvgIpc) is 2.25. The molecule has 17 heavy (non-hydrogen) atoms. The Labute approximate surface area is 101 Å². The van der Waals surface area contributed by atoms with Crippen molar-refractivity contribution in [2.24, 2.45) is 11.7 Å². The van der Waals surface area contributed by atoms with Crippen molar-refractivity contribution in [3.63, 3.8) is 0 Å². The molecule has 0 aromatic carbocycles. The molecule has 3 N–H and O–H groups in total. The maximum absolute atomic E-state index is 13.1. The van der Waals surface area contributed by atoms with Crippen LogP contribution in [0.1, 0.15) is 45.4 Å². The monoisotopic (exact) mass is 248 g/mol. The van der Waals surface area contributed by atoms with Crippen LogP contribution in [0.2, 0.25) is 0 Å². The Morgan fingerprint density at radius 2 is 2.29 bits per heavy atom. The number of halogens is 2. The Morgan fingerprint density at radius 1 is 1.59 bits per heavy atom. The van der Waals surface area contributed by atoms with Gasteiger partial charge in [0, 0.05) is 31.3 Å². The summed E-state index contributed by atoms with van der Waals surface area (Å²) in [7, 11) is 0. The lowest BCUT2D eigenvalue weighted by atomic mass is 9.86. The van der Waals surface area contributed by atoms with Gasteiger partial charge in [-0.15, -0.1) is 0 Å². The Morgan fingerprint density at radius 3 is 2.88 bits per heavy atom. The number of hydrogen-bond donors (Lipinski definition) is 2. The minimum Gasteiger partial charge on any atom is -0.354 e. The zero-order chi connectivity index (χ0) is 12.9. The summed E-state index contributed by atoms with van der Waals surface area (Å²) in [5, 5.41) is 2.68. The third kappa shape index (κ3) is 4.98. The summed E-state index contributed by atoms with van der Waals surface area (Å²) in [6.07, 6.45) is 2.37. The average molecular weight is 248 g/mol. The van der Waals surface area contributed by atoms with Crippen molar-refractivity contribution in [1.82, 2.24) is 5.32 Å². The summed E-state index contributed by atoms with van der Waals surface area (Å²) in [6, 6.07) is -0.0759. The fourth-order valence-electron chi connectivity index (χ4n) is 2.24. The van der Waals surface area contributed by atoms with E-state index in [1.165, 1.54) is 0 Å². The minimum atomic E-state index is -2.67. The van der Waals surface area contributed by atoms with Crippen molar-refractivity contribution in [2.45, 2.75) is 57.4 Å². The van der Waals surface area contributed by atoms with Crippen molar-refractivity contribution in [2.75, 3.05) is 6.54 Å². The van der Waals surface area contributed by atoms with E-state index < -0.39 is 11.8 Å². The van der Waals surface area contributed by atoms with Gasteiger partial charge < -0.3 is 11.1 Å². The molecule has 2 atom stereocenters. The molecule has 0 radical (unpaired) electrons. The molecule has 5 heteroatoms. The highest BCUT2D eigenvalue weighted by atomic mass is 19.3. The first-order valence-electron chi connectivity index (χ1n) is 6.35. The number of hydrogen-bond acceptors (Lipinski definition) is 2. The van der Waals surface area contributed by atoms with E-state index in [2.05, 4.69) is 5.32 Å². The van der Waals surface area contributed by atoms with E-state index in [4.69, 9.17) is 5.73 Å². The molecule has 3 nitrogen and oxygen atoms in total. The first-order valence-corrected chi connectivity index (χ1v) is 6.35. The zero-order valence-electron chi connectivity index (χ0n) is 10.3. The van der Waals surface area contributed by atoms with Gasteiger partial charge in [-0.2, -0.15) is 0 Å². The lowest BCUT2D eigenvalue weighted by Crippen LogP contribution is -2.42. The molecule has 0 aliphatic heterocycles. The van der Waals surface area contributed by atoms with Gasteiger partial charge in [-0.25, -0.2) is 8.78 Å². The van der Waals surface area contributed by atoms with Crippen LogP contribution >= 0.6 is 0 Å². The molecule has 1 amide bonds. The van der Waals surface area contributed by atoms with Crippen LogP contribution in [0.5, 0.6) is 0 Å². The Balaban J connectivity index is 2.32. The van der Waals surface area contributed by atoms with Crippen LogP contribution < -0.4 is 11.1 Å². The van der Waals surface area contributed by atoms with Gasteiger partial charge in [0.25, 0.3) is 0 Å². The smallest absolute Gasteiger partial charge is 0.248 e. The third-order valence-electron chi connectivity index (χ3n) is 3.21. The van der Waals surface area contributed by atoms with E-state index in [0.717, 1.165) is 12.8 Å². The topological polar surface area (TPSA) is 55.1 Å². The summed E-state index contributed by atoms with van der Waals surface area (Å²) in [4.78, 5) is 11.7. The minimum absolute atomic E-state index is 0.0759. The molecule has 0 bridgehead atoms. The van der Waals surface area contributed by atoms with Crippen molar-refractivity contribution < 1.29 is 13.6 Å². The number of rotatable bonds is 5. The van der Waals surface area contributed by atoms with Crippen LogP contribution in [-0.4, -0.2) is 24.4 Å². The van der Waals surface area contributed by atoms with E-state index in [1.54, 1.807) is 0 Å². The second kappa shape index (κ2) is 6.28. The molecule has 1 fully saturated rings. The van der Waals surface area contributed by atoms with Crippen LogP contribution in [0, 0.1) is 5.92 Å². The van der Waals surface area contributed by atoms with E-state index in [9.17, 15) is 13.6 Å². The Kier molecular flexibility index (Phi) is 5.31. The molecule has 100 valence electrons. The number of nitrogens with two attached hydrogens (primary N) is 1. The maximum atomic E-state index is 13.1. The molecule has 0 saturated heterocycles. The van der Waals surface area contributed by atoms with Gasteiger partial charge in [0.2, 0.25) is 11.8 Å². The van der Waals surface area contributed by atoms with Gasteiger partial charge >= 0.3 is 0 Å². The Bertz CT molecular complexity index is 259. The predicted octanol–water partition coefficient (Wildman–Crippen LogP) is 2.06. The predicted molar refractivity (Wildman–Crippen MR) is 62.8 cm³/mol. The molecular weight excluding hydrogens is 226 g/mol.